The van der Waals surface area contributed by atoms with Crippen molar-refractivity contribution >= 4 is 23.4 Å². The van der Waals surface area contributed by atoms with Crippen LogP contribution >= 0.6 is 0 Å². The highest BCUT2D eigenvalue weighted by atomic mass is 16.6. The summed E-state index contributed by atoms with van der Waals surface area (Å²) >= 11 is 0. The van der Waals surface area contributed by atoms with Gasteiger partial charge >= 0.3 is 6.09 Å². The van der Waals surface area contributed by atoms with Crippen LogP contribution in [0, 0.1) is 0 Å². The van der Waals surface area contributed by atoms with Crippen LogP contribution in [0.25, 0.3) is 0 Å². The molecule has 1 aromatic carbocycles. The number of piperazine rings is 1. The first kappa shape index (κ1) is 15.6. The molecule has 1 atom stereocenters. The number of hydrogen-bond donors (Lipinski definition) is 2. The fourth-order valence-electron chi connectivity index (χ4n) is 2.88. The van der Waals surface area contributed by atoms with Gasteiger partial charge in [-0.05, 0) is 18.2 Å². The summed E-state index contributed by atoms with van der Waals surface area (Å²) in [5, 5.41) is 6.01. The molecule has 124 valence electrons. The Morgan fingerprint density at radius 3 is 2.83 bits per heavy atom. The summed E-state index contributed by atoms with van der Waals surface area (Å²) in [4.78, 5) is 27.0. The number of rotatable bonds is 4. The third kappa shape index (κ3) is 3.73. The molecule has 0 aliphatic carbocycles. The zero-order valence-electron chi connectivity index (χ0n) is 13.2. The minimum Gasteiger partial charge on any atom is -0.442 e. The van der Waals surface area contributed by atoms with E-state index < -0.39 is 0 Å². The van der Waals surface area contributed by atoms with Crippen LogP contribution in [0.3, 0.4) is 0 Å². The van der Waals surface area contributed by atoms with Gasteiger partial charge < -0.3 is 20.3 Å². The van der Waals surface area contributed by atoms with Crippen molar-refractivity contribution in [2.75, 3.05) is 49.1 Å². The monoisotopic (exact) mass is 318 g/mol. The zero-order valence-corrected chi connectivity index (χ0v) is 13.2. The standard InChI is InChI=1S/C16H22N4O3/c1-12(21)18-10-15-11-20(16(22)23-15)14-4-2-3-13(9-14)19-7-5-17-6-8-19/h2-4,9,15,17H,5-8,10-11H2,1H3,(H,18,21). The third-order valence-corrected chi connectivity index (χ3v) is 4.08. The number of nitrogens with zero attached hydrogens (tertiary/aromatic N) is 2. The normalized spacial score (nSPS) is 21.3. The summed E-state index contributed by atoms with van der Waals surface area (Å²) in [6.07, 6.45) is -0.674. The molecule has 2 aliphatic rings. The second-order valence-corrected chi connectivity index (χ2v) is 5.81. The molecule has 2 amide bonds. The van der Waals surface area contributed by atoms with Gasteiger partial charge in [-0.15, -0.1) is 0 Å². The number of benzene rings is 1. The van der Waals surface area contributed by atoms with E-state index in [2.05, 4.69) is 21.6 Å². The third-order valence-electron chi connectivity index (χ3n) is 4.08. The molecule has 2 heterocycles. The fraction of sp³-hybridized carbons (Fsp3) is 0.500. The topological polar surface area (TPSA) is 73.9 Å². The molecule has 7 heteroatoms. The molecular weight excluding hydrogens is 296 g/mol. The van der Waals surface area contributed by atoms with Crippen molar-refractivity contribution in [3.8, 4) is 0 Å². The molecule has 7 nitrogen and oxygen atoms in total. The Labute approximate surface area is 135 Å². The molecule has 1 unspecified atom stereocenters. The molecule has 2 N–H and O–H groups in total. The summed E-state index contributed by atoms with van der Waals surface area (Å²) in [6.45, 7) is 6.09. The number of nitrogens with one attached hydrogen (secondary N) is 2. The van der Waals surface area contributed by atoms with E-state index in [0.29, 0.717) is 13.1 Å². The number of amides is 2. The Morgan fingerprint density at radius 1 is 1.35 bits per heavy atom. The van der Waals surface area contributed by atoms with Crippen molar-refractivity contribution in [3.05, 3.63) is 24.3 Å². The van der Waals surface area contributed by atoms with E-state index in [1.54, 1.807) is 4.90 Å². The maximum absolute atomic E-state index is 12.1. The van der Waals surface area contributed by atoms with Gasteiger partial charge in [-0.2, -0.15) is 0 Å². The van der Waals surface area contributed by atoms with E-state index in [9.17, 15) is 9.59 Å². The van der Waals surface area contributed by atoms with Gasteiger partial charge in [-0.1, -0.05) is 6.07 Å². The number of ether oxygens (including phenoxy) is 1. The van der Waals surface area contributed by atoms with Gasteiger partial charge in [0.05, 0.1) is 13.1 Å². The van der Waals surface area contributed by atoms with E-state index in [4.69, 9.17) is 4.74 Å². The lowest BCUT2D eigenvalue weighted by Crippen LogP contribution is -2.43. The summed E-state index contributed by atoms with van der Waals surface area (Å²) in [7, 11) is 0. The van der Waals surface area contributed by atoms with E-state index >= 15 is 0 Å². The van der Waals surface area contributed by atoms with Crippen LogP contribution in [0.2, 0.25) is 0 Å². The van der Waals surface area contributed by atoms with Crippen LogP contribution in [0.15, 0.2) is 24.3 Å². The Balaban J connectivity index is 1.69. The quantitative estimate of drug-likeness (QED) is 0.848. The molecule has 0 aromatic heterocycles. The lowest BCUT2D eigenvalue weighted by atomic mass is 10.2. The number of carbonyl (C=O) groups excluding carboxylic acids is 2. The van der Waals surface area contributed by atoms with Gasteiger partial charge in [-0.25, -0.2) is 4.79 Å². The van der Waals surface area contributed by atoms with Crippen LogP contribution in [0.4, 0.5) is 16.2 Å². The van der Waals surface area contributed by atoms with Crippen molar-refractivity contribution in [1.82, 2.24) is 10.6 Å². The Morgan fingerprint density at radius 2 is 2.09 bits per heavy atom. The molecule has 0 radical (unpaired) electrons. The second kappa shape index (κ2) is 6.87. The molecule has 0 spiro atoms. The highest BCUT2D eigenvalue weighted by molar-refractivity contribution is 5.90. The summed E-state index contributed by atoms with van der Waals surface area (Å²) in [5.74, 6) is -0.125. The van der Waals surface area contributed by atoms with Crippen LogP contribution in [-0.2, 0) is 9.53 Å². The number of anilines is 2. The summed E-state index contributed by atoms with van der Waals surface area (Å²) in [5.41, 5.74) is 1.94. The Hall–Kier alpha value is -2.28. The van der Waals surface area contributed by atoms with E-state index in [1.165, 1.54) is 6.92 Å². The molecule has 2 fully saturated rings. The average Bonchev–Trinajstić information content (AvgIpc) is 2.95. The SMILES string of the molecule is CC(=O)NCC1CN(c2cccc(N3CCNCC3)c2)C(=O)O1. The number of cyclic esters (lactones) is 1. The molecule has 1 aromatic rings. The Kier molecular flexibility index (Phi) is 4.66. The van der Waals surface area contributed by atoms with Crippen molar-refractivity contribution < 1.29 is 14.3 Å². The first-order valence-electron chi connectivity index (χ1n) is 7.92. The lowest BCUT2D eigenvalue weighted by Gasteiger charge is -2.30. The fourth-order valence-corrected chi connectivity index (χ4v) is 2.88. The summed E-state index contributed by atoms with van der Waals surface area (Å²) < 4.78 is 5.31. The first-order chi connectivity index (χ1) is 11.1. The highest BCUT2D eigenvalue weighted by Crippen LogP contribution is 2.26. The molecule has 0 bridgehead atoms. The number of carbonyl (C=O) groups is 2. The van der Waals surface area contributed by atoms with Crippen molar-refractivity contribution in [2.45, 2.75) is 13.0 Å². The van der Waals surface area contributed by atoms with Gasteiger partial charge in [-0.3, -0.25) is 9.69 Å². The molecule has 2 saturated heterocycles. The van der Waals surface area contributed by atoms with Crippen LogP contribution < -0.4 is 20.4 Å². The zero-order chi connectivity index (χ0) is 16.2. The van der Waals surface area contributed by atoms with E-state index in [0.717, 1.165) is 37.6 Å². The first-order valence-corrected chi connectivity index (χ1v) is 7.92. The van der Waals surface area contributed by atoms with Crippen LogP contribution in [-0.4, -0.2) is 57.4 Å². The van der Waals surface area contributed by atoms with Crippen LogP contribution in [0.1, 0.15) is 6.92 Å². The Bertz CT molecular complexity index is 586. The van der Waals surface area contributed by atoms with Gasteiger partial charge in [0.15, 0.2) is 0 Å². The maximum Gasteiger partial charge on any atom is 0.414 e. The molecule has 0 saturated carbocycles. The number of hydrogen-bond acceptors (Lipinski definition) is 5. The van der Waals surface area contributed by atoms with E-state index in [-0.39, 0.29) is 18.1 Å². The predicted molar refractivity (Wildman–Crippen MR) is 87.8 cm³/mol. The van der Waals surface area contributed by atoms with Crippen molar-refractivity contribution in [3.63, 3.8) is 0 Å². The minimum absolute atomic E-state index is 0.125. The molecular formula is C16H22N4O3. The van der Waals surface area contributed by atoms with E-state index in [1.807, 2.05) is 18.2 Å². The highest BCUT2D eigenvalue weighted by Gasteiger charge is 2.32. The largest absolute Gasteiger partial charge is 0.442 e. The maximum atomic E-state index is 12.1. The molecule has 23 heavy (non-hydrogen) atoms. The average molecular weight is 318 g/mol. The predicted octanol–water partition coefficient (Wildman–Crippen LogP) is 0.557. The van der Waals surface area contributed by atoms with Gasteiger partial charge in [0.1, 0.15) is 6.10 Å². The van der Waals surface area contributed by atoms with Crippen molar-refractivity contribution in [2.24, 2.45) is 0 Å². The minimum atomic E-state index is -0.363. The molecule has 3 rings (SSSR count). The van der Waals surface area contributed by atoms with Crippen LogP contribution in [0.5, 0.6) is 0 Å². The summed E-state index contributed by atoms with van der Waals surface area (Å²) in [6, 6.07) is 7.95. The second-order valence-electron chi connectivity index (χ2n) is 5.81. The molecule has 2 aliphatic heterocycles. The smallest absolute Gasteiger partial charge is 0.414 e. The lowest BCUT2D eigenvalue weighted by molar-refractivity contribution is -0.119. The van der Waals surface area contributed by atoms with Gasteiger partial charge in [0.2, 0.25) is 5.91 Å². The van der Waals surface area contributed by atoms with Crippen molar-refractivity contribution in [1.29, 1.82) is 0 Å². The van der Waals surface area contributed by atoms with Gasteiger partial charge in [0.25, 0.3) is 0 Å². The van der Waals surface area contributed by atoms with Gasteiger partial charge in [0, 0.05) is 44.5 Å².